The lowest BCUT2D eigenvalue weighted by Crippen LogP contribution is -2.50. The largest absolute Gasteiger partial charge is 0.427 e. The van der Waals surface area contributed by atoms with Crippen LogP contribution in [0.25, 0.3) is 0 Å². The van der Waals surface area contributed by atoms with Crippen LogP contribution in [0.2, 0.25) is 5.02 Å². The summed E-state index contributed by atoms with van der Waals surface area (Å²) < 4.78 is 40.3. The molecule has 0 aromatic heterocycles. The molecule has 0 aliphatic carbocycles. The number of aryl methyl sites for hydroxylation is 1. The number of carbonyl (C=O) groups is 2. The zero-order valence-corrected chi connectivity index (χ0v) is 32.3. The second-order valence-corrected chi connectivity index (χ2v) is 18.8. The molecule has 15 heteroatoms. The van der Waals surface area contributed by atoms with Crippen molar-refractivity contribution in [2.45, 2.75) is 27.6 Å². The van der Waals surface area contributed by atoms with E-state index in [9.17, 15) is 22.8 Å². The molecule has 4 rings (SSSR count). The highest BCUT2D eigenvalue weighted by Crippen LogP contribution is 2.37. The standard InChI is InChI=1S/C16H14BrF3N2O.C15H11Br4ClN2O/c1-10-2-8-13(9-3-10)21-15(16(18,19)20)22-14(23)11-4-6-12(17)7-5-11;16-10-3-1-9(2-4-10)13(23)22-14(15(17,18)19)21-12-7-5-11(20)6-8-12/h2-9,15,21H,1H3,(H,22,23);1-8,14,21H,(H,22,23). The summed E-state index contributed by atoms with van der Waals surface area (Å²) in [4.78, 5) is 24.4. The van der Waals surface area contributed by atoms with Gasteiger partial charge in [-0.05, 0) is 91.9 Å². The number of rotatable bonds is 8. The summed E-state index contributed by atoms with van der Waals surface area (Å²) in [7, 11) is 0. The lowest BCUT2D eigenvalue weighted by Gasteiger charge is -2.28. The molecule has 4 N–H and O–H groups in total. The molecular formula is C31H25Br5ClF3N4O2. The Kier molecular flexibility index (Phi) is 14.5. The molecule has 0 spiro atoms. The van der Waals surface area contributed by atoms with Gasteiger partial charge in [-0.2, -0.15) is 13.2 Å². The Morgan fingerprint density at radius 3 is 1.39 bits per heavy atom. The van der Waals surface area contributed by atoms with Crippen molar-refractivity contribution in [2.75, 3.05) is 10.6 Å². The Balaban J connectivity index is 0.000000250. The average molecular weight is 978 g/mol. The van der Waals surface area contributed by atoms with Gasteiger partial charge < -0.3 is 21.3 Å². The fraction of sp³-hybridized carbons (Fsp3) is 0.161. The van der Waals surface area contributed by atoms with Crippen LogP contribution >= 0.6 is 91.3 Å². The molecule has 0 aliphatic heterocycles. The zero-order chi connectivity index (χ0) is 34.1. The van der Waals surface area contributed by atoms with Crippen molar-refractivity contribution in [1.29, 1.82) is 0 Å². The Morgan fingerprint density at radius 1 is 0.630 bits per heavy atom. The summed E-state index contributed by atoms with van der Waals surface area (Å²) in [6.45, 7) is 1.83. The van der Waals surface area contributed by atoms with E-state index in [1.807, 2.05) is 36.5 Å². The summed E-state index contributed by atoms with van der Waals surface area (Å²) in [5.41, 5.74) is 2.73. The number of nitrogens with one attached hydrogen (secondary N) is 4. The lowest BCUT2D eigenvalue weighted by atomic mass is 10.2. The van der Waals surface area contributed by atoms with Crippen molar-refractivity contribution in [1.82, 2.24) is 10.6 Å². The van der Waals surface area contributed by atoms with E-state index < -0.39 is 26.6 Å². The number of carbonyl (C=O) groups excluding carboxylic acids is 2. The summed E-state index contributed by atoms with van der Waals surface area (Å²) >= 11 is 22.8. The van der Waals surface area contributed by atoms with Gasteiger partial charge in [0.1, 0.15) is 6.17 Å². The molecule has 6 nitrogen and oxygen atoms in total. The zero-order valence-electron chi connectivity index (χ0n) is 23.6. The average Bonchev–Trinajstić information content (AvgIpc) is 2.98. The second kappa shape index (κ2) is 17.3. The van der Waals surface area contributed by atoms with Crippen LogP contribution in [0, 0.1) is 6.92 Å². The summed E-state index contributed by atoms with van der Waals surface area (Å²) in [5.74, 6) is -1.01. The quantitative estimate of drug-likeness (QED) is 0.105. The molecule has 2 amide bonds. The van der Waals surface area contributed by atoms with E-state index in [0.29, 0.717) is 10.6 Å². The fourth-order valence-corrected chi connectivity index (χ4v) is 4.90. The molecule has 244 valence electrons. The van der Waals surface area contributed by atoms with Gasteiger partial charge in [0, 0.05) is 36.5 Å². The Hall–Kier alpha value is -2.10. The SMILES string of the molecule is Cc1ccc(NC(NC(=O)c2ccc(Br)cc2)C(F)(F)F)cc1.O=C(NC(Nc1ccc(Cl)cc1)C(Br)(Br)Br)c1ccc(Br)cc1. The van der Waals surface area contributed by atoms with Gasteiger partial charge in [0.15, 0.2) is 8.31 Å². The maximum absolute atomic E-state index is 13.1. The monoisotopic (exact) mass is 972 g/mol. The van der Waals surface area contributed by atoms with Crippen molar-refractivity contribution in [3.05, 3.63) is 128 Å². The number of hydrogen-bond acceptors (Lipinski definition) is 4. The van der Waals surface area contributed by atoms with Crippen molar-refractivity contribution >= 4 is 114 Å². The van der Waals surface area contributed by atoms with Crippen molar-refractivity contribution in [3.8, 4) is 0 Å². The van der Waals surface area contributed by atoms with E-state index >= 15 is 0 Å². The number of alkyl halides is 6. The molecule has 0 radical (unpaired) electrons. The Bertz CT molecular complexity index is 1470. The Morgan fingerprint density at radius 2 is 1.00 bits per heavy atom. The molecule has 4 aromatic carbocycles. The van der Waals surface area contributed by atoms with Crippen LogP contribution in [0.4, 0.5) is 24.5 Å². The maximum atomic E-state index is 13.1. The molecule has 0 heterocycles. The van der Waals surface area contributed by atoms with Gasteiger partial charge in [0.2, 0.25) is 0 Å². The van der Waals surface area contributed by atoms with E-state index in [4.69, 9.17) is 11.6 Å². The predicted molar refractivity (Wildman–Crippen MR) is 196 cm³/mol. The van der Waals surface area contributed by atoms with Gasteiger partial charge in [-0.25, -0.2) is 0 Å². The van der Waals surface area contributed by atoms with Crippen LogP contribution in [0.15, 0.2) is 106 Å². The van der Waals surface area contributed by atoms with E-state index in [1.54, 1.807) is 48.5 Å². The number of benzene rings is 4. The highest BCUT2D eigenvalue weighted by atomic mass is 80.0. The van der Waals surface area contributed by atoms with Crippen LogP contribution in [0.5, 0.6) is 0 Å². The van der Waals surface area contributed by atoms with Crippen LogP contribution in [0.1, 0.15) is 26.3 Å². The molecule has 0 aliphatic rings. The third kappa shape index (κ3) is 12.8. The first-order valence-corrected chi connectivity index (χ1v) is 17.5. The number of halogens is 9. The molecule has 0 fully saturated rings. The lowest BCUT2D eigenvalue weighted by molar-refractivity contribution is -0.146. The smallest absolute Gasteiger partial charge is 0.363 e. The molecular weight excluding hydrogens is 952 g/mol. The maximum Gasteiger partial charge on any atom is 0.427 e. The highest BCUT2D eigenvalue weighted by molar-refractivity contribution is 9.39. The highest BCUT2D eigenvalue weighted by Gasteiger charge is 2.41. The summed E-state index contributed by atoms with van der Waals surface area (Å²) in [6, 6.07) is 26.8. The first kappa shape index (κ1) is 38.3. The van der Waals surface area contributed by atoms with E-state index in [-0.39, 0.29) is 17.2 Å². The first-order valence-electron chi connectivity index (χ1n) is 13.1. The predicted octanol–water partition coefficient (Wildman–Crippen LogP) is 10.6. The Labute approximate surface area is 311 Å². The van der Waals surface area contributed by atoms with Crippen LogP contribution in [-0.4, -0.2) is 32.5 Å². The van der Waals surface area contributed by atoms with Crippen LogP contribution in [-0.2, 0) is 0 Å². The van der Waals surface area contributed by atoms with Crippen LogP contribution in [0.3, 0.4) is 0 Å². The molecule has 2 atom stereocenters. The molecule has 4 aromatic rings. The number of hydrogen-bond donors (Lipinski definition) is 4. The fourth-order valence-electron chi connectivity index (χ4n) is 3.56. The minimum absolute atomic E-state index is 0.146. The van der Waals surface area contributed by atoms with Crippen molar-refractivity contribution in [2.24, 2.45) is 0 Å². The third-order valence-electron chi connectivity index (χ3n) is 5.94. The normalized spacial score (nSPS) is 12.6. The van der Waals surface area contributed by atoms with Gasteiger partial charge in [-0.3, -0.25) is 9.59 Å². The van der Waals surface area contributed by atoms with E-state index in [1.165, 1.54) is 24.3 Å². The second-order valence-electron chi connectivity index (χ2n) is 9.57. The van der Waals surface area contributed by atoms with Crippen LogP contribution < -0.4 is 21.3 Å². The summed E-state index contributed by atoms with van der Waals surface area (Å²) in [6.07, 6.45) is -7.28. The minimum atomic E-state index is -4.63. The number of amides is 2. The van der Waals surface area contributed by atoms with Gasteiger partial charge in [0.25, 0.3) is 11.8 Å². The first-order chi connectivity index (χ1) is 21.5. The topological polar surface area (TPSA) is 82.3 Å². The van der Waals surface area contributed by atoms with Crippen molar-refractivity contribution < 1.29 is 22.8 Å². The third-order valence-corrected chi connectivity index (χ3v) is 8.62. The van der Waals surface area contributed by atoms with E-state index in [2.05, 4.69) is 95.6 Å². The number of anilines is 2. The van der Waals surface area contributed by atoms with Gasteiger partial charge >= 0.3 is 6.18 Å². The molecule has 0 bridgehead atoms. The molecule has 0 saturated heterocycles. The summed E-state index contributed by atoms with van der Waals surface area (Å²) in [5, 5.41) is 11.0. The minimum Gasteiger partial charge on any atom is -0.363 e. The van der Waals surface area contributed by atoms with Gasteiger partial charge in [-0.1, -0.05) is 109 Å². The molecule has 46 heavy (non-hydrogen) atoms. The van der Waals surface area contributed by atoms with Crippen molar-refractivity contribution in [3.63, 3.8) is 0 Å². The molecule has 2 unspecified atom stereocenters. The molecule has 0 saturated carbocycles. The van der Waals surface area contributed by atoms with Gasteiger partial charge in [0.05, 0.1) is 0 Å². The van der Waals surface area contributed by atoms with E-state index in [0.717, 1.165) is 20.2 Å². The van der Waals surface area contributed by atoms with Gasteiger partial charge in [-0.15, -0.1) is 0 Å².